The lowest BCUT2D eigenvalue weighted by Gasteiger charge is -2.26. The number of hydrogen-bond donors (Lipinski definition) is 2. The molecule has 2 atom stereocenters. The number of fused-ring (bicyclic) bond motifs is 1. The quantitative estimate of drug-likeness (QED) is 0.661. The summed E-state index contributed by atoms with van der Waals surface area (Å²) in [7, 11) is -7.21. The standard InChI is InChI=1S/C22H25ClN2O5S2/c1-22(11-12-31(27,28)14-22)24-21(26)16-9-10-18(23)20(13-16)32(29,30)25-19-8-4-6-15-5-2-3-7-17(15)19/h2-3,5,7,9-10,13,19,25H,4,6,8,11-12,14H2,1H3,(H,24,26)/t19-,22+/m1/s1. The molecule has 2 aromatic carbocycles. The summed E-state index contributed by atoms with van der Waals surface area (Å²) >= 11 is 6.21. The molecule has 1 aliphatic carbocycles. The van der Waals surface area contributed by atoms with Gasteiger partial charge in [-0.15, -0.1) is 0 Å². The molecule has 2 N–H and O–H groups in total. The van der Waals surface area contributed by atoms with Crippen LogP contribution in [0, 0.1) is 0 Å². The number of benzene rings is 2. The van der Waals surface area contributed by atoms with Crippen LogP contribution in [0.3, 0.4) is 0 Å². The highest BCUT2D eigenvalue weighted by Crippen LogP contribution is 2.32. The van der Waals surface area contributed by atoms with Gasteiger partial charge < -0.3 is 5.32 Å². The monoisotopic (exact) mass is 496 g/mol. The van der Waals surface area contributed by atoms with E-state index >= 15 is 0 Å². The van der Waals surface area contributed by atoms with Crippen LogP contribution < -0.4 is 10.0 Å². The second-order valence-corrected chi connectivity index (χ2v) is 13.0. The normalized spacial score (nSPS) is 24.6. The molecule has 172 valence electrons. The van der Waals surface area contributed by atoms with Crippen LogP contribution in [-0.2, 0) is 26.3 Å². The second kappa shape index (κ2) is 8.44. The van der Waals surface area contributed by atoms with Gasteiger partial charge >= 0.3 is 0 Å². The molecule has 7 nitrogen and oxygen atoms in total. The van der Waals surface area contributed by atoms with Gasteiger partial charge in [-0.2, -0.15) is 0 Å². The predicted octanol–water partition coefficient (Wildman–Crippen LogP) is 3.00. The third-order valence-corrected chi connectivity index (χ3v) is 9.92. The zero-order chi connectivity index (χ0) is 23.1. The van der Waals surface area contributed by atoms with E-state index in [4.69, 9.17) is 11.6 Å². The Labute approximate surface area is 193 Å². The number of amides is 1. The third kappa shape index (κ3) is 4.85. The van der Waals surface area contributed by atoms with Gasteiger partial charge in [0, 0.05) is 11.6 Å². The molecular weight excluding hydrogens is 472 g/mol. The molecule has 0 unspecified atom stereocenters. The number of aryl methyl sites for hydroxylation is 1. The molecule has 0 aromatic heterocycles. The van der Waals surface area contributed by atoms with Crippen LogP contribution in [0.5, 0.6) is 0 Å². The highest BCUT2D eigenvalue weighted by atomic mass is 35.5. The number of carbonyl (C=O) groups is 1. The van der Waals surface area contributed by atoms with E-state index < -0.39 is 31.3 Å². The van der Waals surface area contributed by atoms with Crippen molar-refractivity contribution < 1.29 is 21.6 Å². The smallest absolute Gasteiger partial charge is 0.251 e. The van der Waals surface area contributed by atoms with Gasteiger partial charge in [0.2, 0.25) is 10.0 Å². The number of carbonyl (C=O) groups excluding carboxylic acids is 1. The number of sulfonamides is 1. The highest BCUT2D eigenvalue weighted by Gasteiger charge is 2.39. The molecular formula is C22H25ClN2O5S2. The van der Waals surface area contributed by atoms with Crippen LogP contribution in [0.2, 0.25) is 5.02 Å². The van der Waals surface area contributed by atoms with Crippen molar-refractivity contribution in [1.29, 1.82) is 0 Å². The summed E-state index contributed by atoms with van der Waals surface area (Å²) in [5, 5.41) is 2.75. The Balaban J connectivity index is 1.58. The molecule has 10 heteroatoms. The Morgan fingerprint density at radius 1 is 1.19 bits per heavy atom. The fourth-order valence-corrected chi connectivity index (χ4v) is 8.30. The Kier molecular flexibility index (Phi) is 6.13. The van der Waals surface area contributed by atoms with Crippen molar-refractivity contribution in [3.05, 3.63) is 64.2 Å². The van der Waals surface area contributed by atoms with Gasteiger partial charge in [-0.3, -0.25) is 4.79 Å². The number of rotatable bonds is 5. The van der Waals surface area contributed by atoms with Crippen molar-refractivity contribution >= 4 is 37.4 Å². The van der Waals surface area contributed by atoms with Crippen LogP contribution in [-0.4, -0.2) is 39.8 Å². The minimum atomic E-state index is -4.01. The summed E-state index contributed by atoms with van der Waals surface area (Å²) in [6, 6.07) is 11.4. The minimum Gasteiger partial charge on any atom is -0.346 e. The zero-order valence-electron chi connectivity index (χ0n) is 17.6. The molecule has 2 aliphatic rings. The van der Waals surface area contributed by atoms with E-state index in [2.05, 4.69) is 10.0 Å². The molecule has 1 amide bonds. The van der Waals surface area contributed by atoms with Crippen molar-refractivity contribution in [3.8, 4) is 0 Å². The zero-order valence-corrected chi connectivity index (χ0v) is 20.0. The van der Waals surface area contributed by atoms with E-state index in [1.54, 1.807) is 6.92 Å². The summed E-state index contributed by atoms with van der Waals surface area (Å²) in [5.74, 6) is -0.676. The molecule has 1 aliphatic heterocycles. The fourth-order valence-electron chi connectivity index (χ4n) is 4.43. The highest BCUT2D eigenvalue weighted by molar-refractivity contribution is 7.91. The second-order valence-electron chi connectivity index (χ2n) is 8.77. The molecule has 1 heterocycles. The topological polar surface area (TPSA) is 109 Å². The third-order valence-electron chi connectivity index (χ3n) is 6.07. The molecule has 0 bridgehead atoms. The van der Waals surface area contributed by atoms with Crippen LogP contribution in [0.4, 0.5) is 0 Å². The molecule has 1 saturated heterocycles. The lowest BCUT2D eigenvalue weighted by molar-refractivity contribution is 0.0915. The predicted molar refractivity (Wildman–Crippen MR) is 123 cm³/mol. The minimum absolute atomic E-state index is 0.00722. The lowest BCUT2D eigenvalue weighted by atomic mass is 9.88. The summed E-state index contributed by atoms with van der Waals surface area (Å²) in [4.78, 5) is 12.6. The molecule has 32 heavy (non-hydrogen) atoms. The molecule has 0 saturated carbocycles. The van der Waals surface area contributed by atoms with Crippen molar-refractivity contribution in [2.45, 2.75) is 49.1 Å². The van der Waals surface area contributed by atoms with Crippen LogP contribution in [0.1, 0.15) is 53.7 Å². The first-order valence-electron chi connectivity index (χ1n) is 10.4. The van der Waals surface area contributed by atoms with Crippen molar-refractivity contribution in [2.75, 3.05) is 11.5 Å². The Hall–Kier alpha value is -1.94. The van der Waals surface area contributed by atoms with E-state index in [1.165, 1.54) is 18.2 Å². The Morgan fingerprint density at radius 3 is 2.66 bits per heavy atom. The van der Waals surface area contributed by atoms with Gasteiger partial charge in [0.15, 0.2) is 9.84 Å². The van der Waals surface area contributed by atoms with E-state index in [-0.39, 0.29) is 33.0 Å². The average molecular weight is 497 g/mol. The van der Waals surface area contributed by atoms with Crippen molar-refractivity contribution in [1.82, 2.24) is 10.0 Å². The van der Waals surface area contributed by atoms with Gasteiger partial charge in [-0.25, -0.2) is 21.6 Å². The number of hydrogen-bond acceptors (Lipinski definition) is 5. The largest absolute Gasteiger partial charge is 0.346 e. The Morgan fingerprint density at radius 2 is 1.94 bits per heavy atom. The maximum absolute atomic E-state index is 13.2. The maximum atomic E-state index is 13.2. The van der Waals surface area contributed by atoms with Gasteiger partial charge in [0.1, 0.15) is 4.90 Å². The summed E-state index contributed by atoms with van der Waals surface area (Å²) in [5.41, 5.74) is 1.27. The van der Waals surface area contributed by atoms with Gasteiger partial charge in [0.05, 0.1) is 22.1 Å². The number of nitrogens with one attached hydrogen (secondary N) is 2. The maximum Gasteiger partial charge on any atom is 0.251 e. The van der Waals surface area contributed by atoms with Crippen LogP contribution in [0.25, 0.3) is 0 Å². The van der Waals surface area contributed by atoms with E-state index in [1.807, 2.05) is 24.3 Å². The first kappa shape index (κ1) is 23.2. The fraction of sp³-hybridized carbons (Fsp3) is 0.409. The van der Waals surface area contributed by atoms with E-state index in [0.717, 1.165) is 24.0 Å². The number of halogens is 1. The molecule has 1 fully saturated rings. The average Bonchev–Trinajstić information content (AvgIpc) is 3.00. The first-order valence-corrected chi connectivity index (χ1v) is 14.1. The summed E-state index contributed by atoms with van der Waals surface area (Å²) in [6.45, 7) is 1.67. The molecule has 2 aromatic rings. The van der Waals surface area contributed by atoms with Gasteiger partial charge in [-0.05, 0) is 61.9 Å². The first-order chi connectivity index (χ1) is 15.0. The van der Waals surface area contributed by atoms with Crippen molar-refractivity contribution in [3.63, 3.8) is 0 Å². The summed E-state index contributed by atoms with van der Waals surface area (Å²) in [6.07, 6.45) is 2.74. The van der Waals surface area contributed by atoms with Gasteiger partial charge in [-0.1, -0.05) is 35.9 Å². The summed E-state index contributed by atoms with van der Waals surface area (Å²) < 4.78 is 52.8. The lowest BCUT2D eigenvalue weighted by Crippen LogP contribution is -2.47. The van der Waals surface area contributed by atoms with Gasteiger partial charge in [0.25, 0.3) is 5.91 Å². The molecule has 0 radical (unpaired) electrons. The van der Waals surface area contributed by atoms with E-state index in [0.29, 0.717) is 12.8 Å². The number of sulfone groups is 1. The van der Waals surface area contributed by atoms with Crippen LogP contribution in [0.15, 0.2) is 47.4 Å². The SMILES string of the molecule is C[C@]1(NC(=O)c2ccc(Cl)c(S(=O)(=O)N[C@@H]3CCCc4ccccc43)c2)CCS(=O)(=O)C1. The Bertz CT molecular complexity index is 1280. The molecule has 4 rings (SSSR count). The molecule has 0 spiro atoms. The van der Waals surface area contributed by atoms with Crippen LogP contribution >= 0.6 is 11.6 Å². The van der Waals surface area contributed by atoms with E-state index in [9.17, 15) is 21.6 Å². The van der Waals surface area contributed by atoms with Crippen molar-refractivity contribution in [2.24, 2.45) is 0 Å².